The van der Waals surface area contributed by atoms with Crippen molar-refractivity contribution in [2.75, 3.05) is 18.4 Å². The van der Waals surface area contributed by atoms with E-state index in [-0.39, 0.29) is 11.6 Å². The van der Waals surface area contributed by atoms with E-state index in [1.165, 1.54) is 6.92 Å². The van der Waals surface area contributed by atoms with E-state index >= 15 is 0 Å². The Labute approximate surface area is 121 Å². The molecule has 1 rings (SSSR count). The maximum atomic E-state index is 13.8. The number of hydrogen-bond donors (Lipinski definition) is 2. The molecule has 1 amide bonds. The van der Waals surface area contributed by atoms with Gasteiger partial charge in [0.1, 0.15) is 6.04 Å². The summed E-state index contributed by atoms with van der Waals surface area (Å²) in [7, 11) is 0. The first-order valence-corrected chi connectivity index (χ1v) is 6.60. The summed E-state index contributed by atoms with van der Waals surface area (Å²) >= 11 is 0. The highest BCUT2D eigenvalue weighted by molar-refractivity contribution is 5.89. The van der Waals surface area contributed by atoms with Crippen molar-refractivity contribution in [3.8, 4) is 0 Å². The maximum absolute atomic E-state index is 13.8. The molecule has 0 saturated carbocycles. The van der Waals surface area contributed by atoms with Crippen LogP contribution in [0.1, 0.15) is 31.1 Å². The van der Waals surface area contributed by atoms with Crippen LogP contribution in [-0.2, 0) is 4.79 Å². The van der Waals surface area contributed by atoms with Gasteiger partial charge in [0.2, 0.25) is 5.91 Å². The Bertz CT molecular complexity index is 545. The number of nitrogens with one attached hydrogen (secondary N) is 1. The number of carboxylic acids is 1. The van der Waals surface area contributed by atoms with E-state index in [1.54, 1.807) is 4.90 Å². The molecule has 21 heavy (non-hydrogen) atoms. The second kappa shape index (κ2) is 7.01. The van der Waals surface area contributed by atoms with Crippen LogP contribution in [0.3, 0.4) is 0 Å². The second-order valence-corrected chi connectivity index (χ2v) is 4.47. The summed E-state index contributed by atoms with van der Waals surface area (Å²) in [6.45, 7) is 6.18. The summed E-state index contributed by atoms with van der Waals surface area (Å²) < 4.78 is 27.3. The van der Waals surface area contributed by atoms with Gasteiger partial charge in [-0.3, -0.25) is 4.79 Å². The smallest absolute Gasteiger partial charge is 0.338 e. The Morgan fingerprint density at radius 3 is 2.29 bits per heavy atom. The molecule has 1 aromatic carbocycles. The Balaban J connectivity index is 2.96. The SMILES string of the molecule is CCN(CC)C(=O)C(C)Nc1ccc(C(=O)O)c(F)c1F. The van der Waals surface area contributed by atoms with E-state index in [1.807, 2.05) is 13.8 Å². The van der Waals surface area contributed by atoms with Crippen LogP contribution in [0.25, 0.3) is 0 Å². The first kappa shape index (κ1) is 16.9. The van der Waals surface area contributed by atoms with Crippen molar-refractivity contribution in [1.82, 2.24) is 4.90 Å². The number of likely N-dealkylation sites (N-methyl/N-ethyl adjacent to an activating group) is 1. The molecule has 0 fully saturated rings. The molecule has 0 aromatic heterocycles. The maximum Gasteiger partial charge on any atom is 0.338 e. The third kappa shape index (κ3) is 3.68. The van der Waals surface area contributed by atoms with E-state index in [0.29, 0.717) is 13.1 Å². The molecule has 0 spiro atoms. The van der Waals surface area contributed by atoms with Crippen LogP contribution in [-0.4, -0.2) is 41.0 Å². The van der Waals surface area contributed by atoms with Gasteiger partial charge in [-0.05, 0) is 32.9 Å². The minimum Gasteiger partial charge on any atom is -0.478 e. The van der Waals surface area contributed by atoms with Gasteiger partial charge in [0, 0.05) is 13.1 Å². The largest absolute Gasteiger partial charge is 0.478 e. The molecular weight excluding hydrogens is 282 g/mol. The molecule has 1 unspecified atom stereocenters. The summed E-state index contributed by atoms with van der Waals surface area (Å²) in [4.78, 5) is 24.3. The number of nitrogens with zero attached hydrogens (tertiary/aromatic N) is 1. The highest BCUT2D eigenvalue weighted by Gasteiger charge is 2.22. The van der Waals surface area contributed by atoms with Gasteiger partial charge in [0.15, 0.2) is 11.6 Å². The zero-order valence-electron chi connectivity index (χ0n) is 12.1. The average Bonchev–Trinajstić information content (AvgIpc) is 2.44. The van der Waals surface area contributed by atoms with Crippen molar-refractivity contribution in [3.05, 3.63) is 29.3 Å². The molecule has 0 aliphatic rings. The predicted octanol–water partition coefficient (Wildman–Crippen LogP) is 2.33. The number of rotatable bonds is 6. The fraction of sp³-hybridized carbons (Fsp3) is 0.429. The Morgan fingerprint density at radius 1 is 1.24 bits per heavy atom. The first-order chi connectivity index (χ1) is 9.83. The van der Waals surface area contributed by atoms with Crippen molar-refractivity contribution in [2.45, 2.75) is 26.8 Å². The molecule has 0 aliphatic heterocycles. The van der Waals surface area contributed by atoms with Crippen LogP contribution < -0.4 is 5.32 Å². The second-order valence-electron chi connectivity index (χ2n) is 4.47. The number of carbonyl (C=O) groups is 2. The predicted molar refractivity (Wildman–Crippen MR) is 74.3 cm³/mol. The van der Waals surface area contributed by atoms with Crippen LogP contribution in [0.5, 0.6) is 0 Å². The molecule has 1 aromatic rings. The van der Waals surface area contributed by atoms with Crippen molar-refractivity contribution in [3.63, 3.8) is 0 Å². The van der Waals surface area contributed by atoms with Gasteiger partial charge in [0.25, 0.3) is 0 Å². The fourth-order valence-electron chi connectivity index (χ4n) is 1.93. The standard InChI is InChI=1S/C14H18F2N2O3/c1-4-18(5-2)13(19)8(3)17-10-7-6-9(14(20)21)11(15)12(10)16/h6-8,17H,4-5H2,1-3H3,(H,20,21). The van der Waals surface area contributed by atoms with Crippen LogP contribution >= 0.6 is 0 Å². The molecule has 116 valence electrons. The molecule has 0 heterocycles. The Morgan fingerprint density at radius 2 is 1.81 bits per heavy atom. The number of hydrogen-bond acceptors (Lipinski definition) is 3. The van der Waals surface area contributed by atoms with E-state index in [4.69, 9.17) is 5.11 Å². The van der Waals surface area contributed by atoms with Crippen molar-refractivity contribution in [2.24, 2.45) is 0 Å². The molecule has 2 N–H and O–H groups in total. The third-order valence-electron chi connectivity index (χ3n) is 3.13. The quantitative estimate of drug-likeness (QED) is 0.846. The monoisotopic (exact) mass is 300 g/mol. The van der Waals surface area contributed by atoms with Crippen LogP contribution in [0.4, 0.5) is 14.5 Å². The topological polar surface area (TPSA) is 69.6 Å². The lowest BCUT2D eigenvalue weighted by atomic mass is 10.1. The summed E-state index contributed by atoms with van der Waals surface area (Å²) in [5, 5.41) is 11.3. The average molecular weight is 300 g/mol. The van der Waals surface area contributed by atoms with Crippen LogP contribution in [0.15, 0.2) is 12.1 Å². The number of amides is 1. The van der Waals surface area contributed by atoms with Gasteiger partial charge in [-0.25, -0.2) is 13.6 Å². The van der Waals surface area contributed by atoms with Gasteiger partial charge in [-0.1, -0.05) is 0 Å². The first-order valence-electron chi connectivity index (χ1n) is 6.60. The minimum absolute atomic E-state index is 0.245. The van der Waals surface area contributed by atoms with E-state index < -0.39 is 29.2 Å². The highest BCUT2D eigenvalue weighted by atomic mass is 19.2. The lowest BCUT2D eigenvalue weighted by molar-refractivity contribution is -0.131. The third-order valence-corrected chi connectivity index (χ3v) is 3.13. The molecular formula is C14H18F2N2O3. The number of carboxylic acid groups (broad SMARTS) is 1. The summed E-state index contributed by atoms with van der Waals surface area (Å²) in [6, 6.07) is 1.31. The van der Waals surface area contributed by atoms with Gasteiger partial charge in [-0.15, -0.1) is 0 Å². The van der Waals surface area contributed by atoms with Gasteiger partial charge in [0.05, 0.1) is 11.3 Å². The summed E-state index contributed by atoms with van der Waals surface area (Å²) in [5.74, 6) is -4.56. The van der Waals surface area contributed by atoms with Crippen LogP contribution in [0, 0.1) is 11.6 Å². The van der Waals surface area contributed by atoms with Gasteiger partial charge in [-0.2, -0.15) is 0 Å². The van der Waals surface area contributed by atoms with E-state index in [2.05, 4.69) is 5.32 Å². The lowest BCUT2D eigenvalue weighted by Crippen LogP contribution is -2.41. The highest BCUT2D eigenvalue weighted by Crippen LogP contribution is 2.21. The molecule has 1 atom stereocenters. The zero-order chi connectivity index (χ0) is 16.2. The van der Waals surface area contributed by atoms with Crippen LogP contribution in [0.2, 0.25) is 0 Å². The minimum atomic E-state index is -1.55. The number of benzene rings is 1. The molecule has 0 saturated heterocycles. The van der Waals surface area contributed by atoms with Crippen molar-refractivity contribution in [1.29, 1.82) is 0 Å². The van der Waals surface area contributed by atoms with Crippen molar-refractivity contribution >= 4 is 17.6 Å². The lowest BCUT2D eigenvalue weighted by Gasteiger charge is -2.24. The number of anilines is 1. The zero-order valence-corrected chi connectivity index (χ0v) is 12.1. The fourth-order valence-corrected chi connectivity index (χ4v) is 1.93. The molecule has 0 radical (unpaired) electrons. The molecule has 0 bridgehead atoms. The molecule has 0 aliphatic carbocycles. The molecule has 7 heteroatoms. The number of aromatic carboxylic acids is 1. The number of carbonyl (C=O) groups excluding carboxylic acids is 1. The van der Waals surface area contributed by atoms with Gasteiger partial charge < -0.3 is 15.3 Å². The van der Waals surface area contributed by atoms with E-state index in [9.17, 15) is 18.4 Å². The normalized spacial score (nSPS) is 11.9. The molecule has 5 nitrogen and oxygen atoms in total. The van der Waals surface area contributed by atoms with E-state index in [0.717, 1.165) is 12.1 Å². The Hall–Kier alpha value is -2.18. The van der Waals surface area contributed by atoms with Gasteiger partial charge >= 0.3 is 5.97 Å². The van der Waals surface area contributed by atoms with Crippen molar-refractivity contribution < 1.29 is 23.5 Å². The Kier molecular flexibility index (Phi) is 5.63. The summed E-state index contributed by atoms with van der Waals surface area (Å²) in [6.07, 6.45) is 0. The number of halogens is 2. The summed E-state index contributed by atoms with van der Waals surface area (Å²) in [5.41, 5.74) is -0.994.